The third-order valence-electron chi connectivity index (χ3n) is 4.50. The van der Waals surface area contributed by atoms with Crippen LogP contribution < -0.4 is 0 Å². The fourth-order valence-corrected chi connectivity index (χ4v) is 3.69. The van der Waals surface area contributed by atoms with Crippen LogP contribution in [-0.4, -0.2) is 30.1 Å². The number of rotatable bonds is 2. The maximum atomic E-state index is 2.63. The minimum absolute atomic E-state index is 0.839. The smallest absolute Gasteiger partial charge is 0.0255 e. The van der Waals surface area contributed by atoms with Gasteiger partial charge in [-0.05, 0) is 63.7 Å². The first-order valence-electron chi connectivity index (χ1n) is 7.19. The summed E-state index contributed by atoms with van der Waals surface area (Å²) >= 11 is 0. The third-order valence-corrected chi connectivity index (χ3v) is 4.50. The Morgan fingerprint density at radius 1 is 1.33 bits per heavy atom. The highest BCUT2D eigenvalue weighted by Gasteiger charge is 2.26. The van der Waals surface area contributed by atoms with Gasteiger partial charge in [-0.3, -0.25) is 0 Å². The van der Waals surface area contributed by atoms with Crippen LogP contribution in [0.15, 0.2) is 6.08 Å². The predicted molar refractivity (Wildman–Crippen MR) is 76.9 cm³/mol. The summed E-state index contributed by atoms with van der Waals surface area (Å²) in [5.41, 5.74) is 6.30. The van der Waals surface area contributed by atoms with E-state index >= 15 is 0 Å². The normalized spacial score (nSPS) is 22.1. The molecular weight excluding hydrogens is 220 g/mol. The van der Waals surface area contributed by atoms with Gasteiger partial charge in [-0.2, -0.15) is 0 Å². The summed E-state index contributed by atoms with van der Waals surface area (Å²) in [6.45, 7) is 4.78. The molecule has 2 aliphatic rings. The van der Waals surface area contributed by atoms with Crippen molar-refractivity contribution in [1.82, 2.24) is 9.47 Å². The quantitative estimate of drug-likeness (QED) is 0.776. The van der Waals surface area contributed by atoms with Gasteiger partial charge in [-0.1, -0.05) is 12.2 Å². The molecule has 0 N–H and O–H groups in total. The molecule has 0 aromatic carbocycles. The van der Waals surface area contributed by atoms with Crippen molar-refractivity contribution in [1.29, 1.82) is 0 Å². The van der Waals surface area contributed by atoms with E-state index in [1.165, 1.54) is 44.3 Å². The van der Waals surface area contributed by atoms with E-state index in [-0.39, 0.29) is 0 Å². The van der Waals surface area contributed by atoms with Crippen molar-refractivity contribution in [3.05, 3.63) is 28.6 Å². The summed E-state index contributed by atoms with van der Waals surface area (Å²) in [6, 6.07) is 0. The van der Waals surface area contributed by atoms with Gasteiger partial charge < -0.3 is 9.47 Å². The second-order valence-electron chi connectivity index (χ2n) is 6.15. The third kappa shape index (κ3) is 1.93. The topological polar surface area (TPSA) is 8.17 Å². The van der Waals surface area contributed by atoms with Crippen LogP contribution in [0.1, 0.15) is 35.4 Å². The molecule has 0 radical (unpaired) electrons. The summed E-state index contributed by atoms with van der Waals surface area (Å²) in [5, 5.41) is 0. The molecule has 0 bridgehead atoms. The molecular formula is C16H24N2. The number of fused-ring (bicyclic) bond motifs is 3. The standard InChI is InChI=1S/C16H24N2/c1-12-14-6-4-5-7-15(14)18-9-8-13(10-16(12)18)11-17(2)3/h4,6,13H,5,7-11H2,1-3H3. The lowest BCUT2D eigenvalue weighted by molar-refractivity contribution is 0.278. The molecule has 1 aliphatic heterocycles. The lowest BCUT2D eigenvalue weighted by atomic mass is 9.93. The number of hydrogen-bond donors (Lipinski definition) is 0. The molecule has 1 unspecified atom stereocenters. The second kappa shape index (κ2) is 4.58. The van der Waals surface area contributed by atoms with Crippen molar-refractivity contribution in [2.75, 3.05) is 20.6 Å². The fraction of sp³-hybridized carbons (Fsp3) is 0.625. The molecule has 1 aromatic heterocycles. The summed E-state index contributed by atoms with van der Waals surface area (Å²) < 4.78 is 2.63. The molecule has 0 spiro atoms. The fourth-order valence-electron chi connectivity index (χ4n) is 3.69. The van der Waals surface area contributed by atoms with Crippen molar-refractivity contribution < 1.29 is 0 Å². The minimum Gasteiger partial charge on any atom is -0.348 e. The van der Waals surface area contributed by atoms with Crippen molar-refractivity contribution in [3.8, 4) is 0 Å². The summed E-state index contributed by atoms with van der Waals surface area (Å²) in [4.78, 5) is 2.33. The van der Waals surface area contributed by atoms with E-state index in [2.05, 4.69) is 42.6 Å². The van der Waals surface area contributed by atoms with Crippen molar-refractivity contribution in [2.24, 2.45) is 5.92 Å². The first-order chi connectivity index (χ1) is 8.66. The zero-order valence-electron chi connectivity index (χ0n) is 11.9. The number of nitrogens with zero attached hydrogens (tertiary/aromatic N) is 2. The van der Waals surface area contributed by atoms with Gasteiger partial charge in [0.25, 0.3) is 0 Å². The zero-order valence-corrected chi connectivity index (χ0v) is 11.9. The maximum Gasteiger partial charge on any atom is 0.0255 e. The second-order valence-corrected chi connectivity index (χ2v) is 6.15. The molecule has 2 heteroatoms. The lowest BCUT2D eigenvalue weighted by Gasteiger charge is -2.28. The van der Waals surface area contributed by atoms with Crippen LogP contribution in [0.25, 0.3) is 6.08 Å². The Kier molecular flexibility index (Phi) is 3.06. The van der Waals surface area contributed by atoms with Crippen LogP contribution in [-0.2, 0) is 19.4 Å². The van der Waals surface area contributed by atoms with Gasteiger partial charge in [0.15, 0.2) is 0 Å². The van der Waals surface area contributed by atoms with E-state index in [9.17, 15) is 0 Å². The van der Waals surface area contributed by atoms with Crippen molar-refractivity contribution in [2.45, 2.75) is 39.2 Å². The first kappa shape index (κ1) is 12.0. The van der Waals surface area contributed by atoms with E-state index in [0.29, 0.717) is 0 Å². The van der Waals surface area contributed by atoms with Crippen molar-refractivity contribution in [3.63, 3.8) is 0 Å². The highest BCUT2D eigenvalue weighted by atomic mass is 15.1. The van der Waals surface area contributed by atoms with Crippen LogP contribution in [0, 0.1) is 12.8 Å². The SMILES string of the molecule is Cc1c2c(n3c1CC(CN(C)C)CC3)CCC=C2. The molecule has 1 atom stereocenters. The molecule has 2 nitrogen and oxygen atoms in total. The summed E-state index contributed by atoms with van der Waals surface area (Å²) in [5.74, 6) is 0.839. The first-order valence-corrected chi connectivity index (χ1v) is 7.19. The Morgan fingerprint density at radius 2 is 2.17 bits per heavy atom. The molecule has 0 amide bonds. The van der Waals surface area contributed by atoms with Gasteiger partial charge in [0.1, 0.15) is 0 Å². The van der Waals surface area contributed by atoms with Crippen LogP contribution in [0.3, 0.4) is 0 Å². The van der Waals surface area contributed by atoms with Gasteiger partial charge in [-0.25, -0.2) is 0 Å². The van der Waals surface area contributed by atoms with Gasteiger partial charge in [0, 0.05) is 24.5 Å². The van der Waals surface area contributed by atoms with Gasteiger partial charge in [0.05, 0.1) is 0 Å². The minimum atomic E-state index is 0.839. The van der Waals surface area contributed by atoms with Gasteiger partial charge in [-0.15, -0.1) is 0 Å². The van der Waals surface area contributed by atoms with Gasteiger partial charge in [0.2, 0.25) is 0 Å². The Hall–Kier alpha value is -1.02. The molecule has 2 heterocycles. The van der Waals surface area contributed by atoms with E-state index < -0.39 is 0 Å². The molecule has 18 heavy (non-hydrogen) atoms. The average Bonchev–Trinajstić information content (AvgIpc) is 2.63. The molecule has 3 rings (SSSR count). The largest absolute Gasteiger partial charge is 0.348 e. The van der Waals surface area contributed by atoms with E-state index in [1.807, 2.05) is 0 Å². The number of aromatic nitrogens is 1. The Balaban J connectivity index is 1.92. The van der Waals surface area contributed by atoms with Crippen LogP contribution in [0.4, 0.5) is 0 Å². The Labute approximate surface area is 110 Å². The van der Waals surface area contributed by atoms with Crippen LogP contribution in [0.2, 0.25) is 0 Å². The summed E-state index contributed by atoms with van der Waals surface area (Å²) in [7, 11) is 4.38. The van der Waals surface area contributed by atoms with Crippen molar-refractivity contribution >= 4 is 6.08 Å². The molecule has 0 saturated carbocycles. The van der Waals surface area contributed by atoms with E-state index in [4.69, 9.17) is 0 Å². The number of allylic oxidation sites excluding steroid dienone is 1. The predicted octanol–water partition coefficient (Wildman–Crippen LogP) is 2.88. The molecule has 98 valence electrons. The number of hydrogen-bond acceptors (Lipinski definition) is 1. The Morgan fingerprint density at radius 3 is 2.94 bits per heavy atom. The highest BCUT2D eigenvalue weighted by molar-refractivity contribution is 5.61. The van der Waals surface area contributed by atoms with E-state index in [1.54, 1.807) is 17.0 Å². The highest BCUT2D eigenvalue weighted by Crippen LogP contribution is 2.33. The summed E-state index contributed by atoms with van der Waals surface area (Å²) in [6.07, 6.45) is 9.75. The van der Waals surface area contributed by atoms with Gasteiger partial charge >= 0.3 is 0 Å². The van der Waals surface area contributed by atoms with Crippen LogP contribution >= 0.6 is 0 Å². The molecule has 0 saturated heterocycles. The zero-order chi connectivity index (χ0) is 12.7. The lowest BCUT2D eigenvalue weighted by Crippen LogP contribution is -2.29. The Bertz CT molecular complexity index is 480. The molecule has 0 fully saturated rings. The monoisotopic (exact) mass is 244 g/mol. The average molecular weight is 244 g/mol. The molecule has 1 aromatic rings. The maximum absolute atomic E-state index is 2.63. The van der Waals surface area contributed by atoms with Crippen LogP contribution in [0.5, 0.6) is 0 Å². The molecule has 1 aliphatic carbocycles. The van der Waals surface area contributed by atoms with E-state index in [0.717, 1.165) is 5.92 Å².